The highest BCUT2D eigenvalue weighted by Gasteiger charge is 2.37. The molecule has 1 saturated carbocycles. The van der Waals surface area contributed by atoms with Gasteiger partial charge in [-0.3, -0.25) is 9.59 Å². The van der Waals surface area contributed by atoms with Gasteiger partial charge in [0, 0.05) is 37.3 Å². The van der Waals surface area contributed by atoms with Gasteiger partial charge >= 0.3 is 0 Å². The molecule has 5 nitrogen and oxygen atoms in total. The van der Waals surface area contributed by atoms with Crippen LogP contribution in [-0.4, -0.2) is 41.2 Å². The molecule has 2 unspecified atom stereocenters. The first kappa shape index (κ1) is 19.2. The highest BCUT2D eigenvalue weighted by molar-refractivity contribution is 5.95. The highest BCUT2D eigenvalue weighted by atomic mass is 16.2. The van der Waals surface area contributed by atoms with Gasteiger partial charge in [-0.2, -0.15) is 5.26 Å². The molecule has 2 aliphatic rings. The Kier molecular flexibility index (Phi) is 5.35. The standard InChI is InChI=1S/C24H25N3O2/c1-26(23(28)21-6-2-4-18(12-21)14-25)15-17-8-10-20(11-9-17)24(29)27-16-19-5-3-7-22(27)13-19/h2,4,6,8-12,19,22H,3,5,7,13,15-16H2,1H3. The number of carbonyl (C=O) groups is 2. The summed E-state index contributed by atoms with van der Waals surface area (Å²) in [5.74, 6) is 0.673. The normalized spacial score (nSPS) is 20.2. The Labute approximate surface area is 171 Å². The number of fused-ring (bicyclic) bond motifs is 2. The predicted octanol–water partition coefficient (Wildman–Crippen LogP) is 3.85. The lowest BCUT2D eigenvalue weighted by atomic mass is 9.90. The number of nitrogens with zero attached hydrogens (tertiary/aromatic N) is 3. The number of benzene rings is 2. The SMILES string of the molecule is CN(Cc1ccc(C(=O)N2CC3CCCC2C3)cc1)C(=O)c1cccc(C#N)c1. The van der Waals surface area contributed by atoms with Gasteiger partial charge in [0.25, 0.3) is 11.8 Å². The summed E-state index contributed by atoms with van der Waals surface area (Å²) in [4.78, 5) is 29.2. The third kappa shape index (κ3) is 4.02. The van der Waals surface area contributed by atoms with Crippen LogP contribution in [0.1, 0.15) is 57.5 Å². The number of rotatable bonds is 4. The van der Waals surface area contributed by atoms with Crippen LogP contribution in [-0.2, 0) is 6.54 Å². The van der Waals surface area contributed by atoms with E-state index < -0.39 is 0 Å². The van der Waals surface area contributed by atoms with Gasteiger partial charge in [0.1, 0.15) is 0 Å². The van der Waals surface area contributed by atoms with Crippen molar-refractivity contribution in [1.29, 1.82) is 5.26 Å². The zero-order valence-electron chi connectivity index (χ0n) is 16.7. The Morgan fingerprint density at radius 3 is 2.66 bits per heavy atom. The lowest BCUT2D eigenvalue weighted by molar-refractivity contribution is 0.0731. The Morgan fingerprint density at radius 2 is 1.93 bits per heavy atom. The maximum Gasteiger partial charge on any atom is 0.254 e. The predicted molar refractivity (Wildman–Crippen MR) is 110 cm³/mol. The Balaban J connectivity index is 1.41. The van der Waals surface area contributed by atoms with E-state index >= 15 is 0 Å². The summed E-state index contributed by atoms with van der Waals surface area (Å²) in [6.45, 7) is 1.34. The van der Waals surface area contributed by atoms with E-state index in [1.165, 1.54) is 12.8 Å². The summed E-state index contributed by atoms with van der Waals surface area (Å²) in [6.07, 6.45) is 4.76. The summed E-state index contributed by atoms with van der Waals surface area (Å²) in [5, 5.41) is 9.01. The molecule has 1 aliphatic carbocycles. The number of nitriles is 1. The van der Waals surface area contributed by atoms with Crippen LogP contribution in [0.3, 0.4) is 0 Å². The molecule has 0 radical (unpaired) electrons. The van der Waals surface area contributed by atoms with Crippen molar-refractivity contribution < 1.29 is 9.59 Å². The van der Waals surface area contributed by atoms with Crippen LogP contribution in [0, 0.1) is 17.2 Å². The van der Waals surface area contributed by atoms with Crippen LogP contribution in [0.25, 0.3) is 0 Å². The highest BCUT2D eigenvalue weighted by Crippen LogP contribution is 2.36. The molecule has 1 heterocycles. The maximum absolute atomic E-state index is 12.9. The molecule has 148 valence electrons. The number of hydrogen-bond donors (Lipinski definition) is 0. The molecule has 0 aromatic heterocycles. The fourth-order valence-corrected chi connectivity index (χ4v) is 4.59. The van der Waals surface area contributed by atoms with Crippen molar-refractivity contribution in [3.63, 3.8) is 0 Å². The third-order valence-electron chi connectivity index (χ3n) is 6.12. The molecule has 1 aliphatic heterocycles. The van der Waals surface area contributed by atoms with E-state index in [4.69, 9.17) is 5.26 Å². The van der Waals surface area contributed by atoms with Crippen LogP contribution in [0.2, 0.25) is 0 Å². The molecule has 4 rings (SSSR count). The molecule has 0 spiro atoms. The molecule has 1 saturated heterocycles. The molecule has 2 aromatic rings. The monoisotopic (exact) mass is 387 g/mol. The Morgan fingerprint density at radius 1 is 1.14 bits per heavy atom. The van der Waals surface area contributed by atoms with E-state index in [0.29, 0.717) is 29.6 Å². The summed E-state index contributed by atoms with van der Waals surface area (Å²) in [7, 11) is 1.74. The molecule has 5 heteroatoms. The molecule has 2 atom stereocenters. The second kappa shape index (κ2) is 8.08. The first-order valence-electron chi connectivity index (χ1n) is 10.2. The van der Waals surface area contributed by atoms with E-state index in [9.17, 15) is 9.59 Å². The quantitative estimate of drug-likeness (QED) is 0.801. The van der Waals surface area contributed by atoms with Crippen LogP contribution < -0.4 is 0 Å². The van der Waals surface area contributed by atoms with Crippen LogP contribution in [0.5, 0.6) is 0 Å². The molecule has 2 aromatic carbocycles. The minimum Gasteiger partial charge on any atom is -0.337 e. The van der Waals surface area contributed by atoms with Gasteiger partial charge in [-0.05, 0) is 61.1 Å². The van der Waals surface area contributed by atoms with Gasteiger partial charge in [-0.1, -0.05) is 24.6 Å². The van der Waals surface area contributed by atoms with Crippen molar-refractivity contribution in [2.45, 2.75) is 38.3 Å². The van der Waals surface area contributed by atoms with Gasteiger partial charge in [-0.15, -0.1) is 0 Å². The molecule has 2 amide bonds. The zero-order valence-corrected chi connectivity index (χ0v) is 16.7. The molecular weight excluding hydrogens is 362 g/mol. The second-order valence-electron chi connectivity index (χ2n) is 8.19. The zero-order chi connectivity index (χ0) is 20.4. The first-order chi connectivity index (χ1) is 14.0. The first-order valence-corrected chi connectivity index (χ1v) is 10.2. The van der Waals surface area contributed by atoms with E-state index in [0.717, 1.165) is 30.5 Å². The third-order valence-corrected chi connectivity index (χ3v) is 6.12. The maximum atomic E-state index is 12.9. The average Bonchev–Trinajstić information content (AvgIpc) is 3.06. The molecule has 2 fully saturated rings. The van der Waals surface area contributed by atoms with E-state index in [-0.39, 0.29) is 11.8 Å². The Hall–Kier alpha value is -3.13. The van der Waals surface area contributed by atoms with Gasteiger partial charge < -0.3 is 9.80 Å². The molecule has 2 bridgehead atoms. The van der Waals surface area contributed by atoms with Crippen molar-refractivity contribution in [2.75, 3.05) is 13.6 Å². The lowest BCUT2D eigenvalue weighted by Crippen LogP contribution is -2.35. The largest absolute Gasteiger partial charge is 0.337 e. The van der Waals surface area contributed by atoms with Crippen LogP contribution in [0.4, 0.5) is 0 Å². The van der Waals surface area contributed by atoms with Crippen molar-refractivity contribution in [3.8, 4) is 6.07 Å². The lowest BCUT2D eigenvalue weighted by Gasteiger charge is -2.24. The van der Waals surface area contributed by atoms with E-state index in [1.54, 1.807) is 36.2 Å². The fourth-order valence-electron chi connectivity index (χ4n) is 4.59. The van der Waals surface area contributed by atoms with E-state index in [1.807, 2.05) is 24.3 Å². The van der Waals surface area contributed by atoms with Gasteiger partial charge in [0.05, 0.1) is 11.6 Å². The molecule has 0 N–H and O–H groups in total. The average molecular weight is 387 g/mol. The number of carbonyl (C=O) groups excluding carboxylic acids is 2. The van der Waals surface area contributed by atoms with Crippen molar-refractivity contribution in [2.24, 2.45) is 5.92 Å². The van der Waals surface area contributed by atoms with Gasteiger partial charge in [0.15, 0.2) is 0 Å². The number of hydrogen-bond acceptors (Lipinski definition) is 3. The smallest absolute Gasteiger partial charge is 0.254 e. The Bertz CT molecular complexity index is 961. The summed E-state index contributed by atoms with van der Waals surface area (Å²) in [6, 6.07) is 16.8. The number of likely N-dealkylation sites (tertiary alicyclic amines) is 1. The van der Waals surface area contributed by atoms with E-state index in [2.05, 4.69) is 11.0 Å². The van der Waals surface area contributed by atoms with Crippen molar-refractivity contribution in [3.05, 3.63) is 70.8 Å². The van der Waals surface area contributed by atoms with Crippen molar-refractivity contribution in [1.82, 2.24) is 9.80 Å². The second-order valence-corrected chi connectivity index (χ2v) is 8.19. The molecular formula is C24H25N3O2. The van der Waals surface area contributed by atoms with Gasteiger partial charge in [0.2, 0.25) is 0 Å². The minimum atomic E-state index is -0.133. The van der Waals surface area contributed by atoms with Gasteiger partial charge in [-0.25, -0.2) is 0 Å². The summed E-state index contributed by atoms with van der Waals surface area (Å²) >= 11 is 0. The molecule has 29 heavy (non-hydrogen) atoms. The van der Waals surface area contributed by atoms with Crippen LogP contribution in [0.15, 0.2) is 48.5 Å². The van der Waals surface area contributed by atoms with Crippen LogP contribution >= 0.6 is 0 Å². The van der Waals surface area contributed by atoms with Crippen molar-refractivity contribution >= 4 is 11.8 Å². The minimum absolute atomic E-state index is 0.128. The number of amides is 2. The fraction of sp³-hybridized carbons (Fsp3) is 0.375. The summed E-state index contributed by atoms with van der Waals surface area (Å²) < 4.78 is 0. The summed E-state index contributed by atoms with van der Waals surface area (Å²) in [5.41, 5.74) is 2.66. The topological polar surface area (TPSA) is 64.4 Å².